The van der Waals surface area contributed by atoms with Crippen molar-refractivity contribution in [3.63, 3.8) is 0 Å². The molecule has 0 aliphatic carbocycles. The molecule has 6 nitrogen and oxygen atoms in total. The molecular formula is C24H15N3O3. The molecule has 30 heavy (non-hydrogen) atoms. The molecule has 1 amide bonds. The number of imidazole rings is 1. The number of fused-ring (bicyclic) bond motifs is 4. The summed E-state index contributed by atoms with van der Waals surface area (Å²) in [5, 5.41) is 0. The molecule has 0 fully saturated rings. The molecule has 6 heteroatoms. The monoisotopic (exact) mass is 393 g/mol. The van der Waals surface area contributed by atoms with Crippen molar-refractivity contribution in [1.29, 1.82) is 0 Å². The Balaban J connectivity index is 1.61. The van der Waals surface area contributed by atoms with Gasteiger partial charge in [-0.2, -0.15) is 4.98 Å². The quantitative estimate of drug-likeness (QED) is 0.463. The molecule has 144 valence electrons. The maximum absolute atomic E-state index is 13.4. The molecular weight excluding hydrogens is 378 g/mol. The van der Waals surface area contributed by atoms with Crippen LogP contribution in [0.4, 0.5) is 5.69 Å². The number of carbonyl (C=O) groups is 1. The van der Waals surface area contributed by atoms with E-state index < -0.39 is 0 Å². The first-order valence-corrected chi connectivity index (χ1v) is 9.62. The van der Waals surface area contributed by atoms with Crippen LogP contribution < -0.4 is 15.9 Å². The number of hydrogen-bond acceptors (Lipinski definition) is 4. The first-order chi connectivity index (χ1) is 14.7. The Morgan fingerprint density at radius 1 is 0.833 bits per heavy atom. The predicted molar refractivity (Wildman–Crippen MR) is 113 cm³/mol. The number of anilines is 1. The van der Waals surface area contributed by atoms with Crippen molar-refractivity contribution in [2.24, 2.45) is 0 Å². The van der Waals surface area contributed by atoms with Crippen molar-refractivity contribution >= 4 is 34.0 Å². The minimum absolute atomic E-state index is 0.0243. The van der Waals surface area contributed by atoms with Crippen LogP contribution in [0.5, 0.6) is 0 Å². The average molecular weight is 393 g/mol. The van der Waals surface area contributed by atoms with Gasteiger partial charge in [-0.25, -0.2) is 4.40 Å². The van der Waals surface area contributed by atoms with Crippen LogP contribution in [0.15, 0.2) is 88.1 Å². The number of carbonyl (C=O) groups excluding carboxylic acids is 1. The lowest BCUT2D eigenvalue weighted by molar-refractivity contribution is -0.113. The lowest BCUT2D eigenvalue weighted by Crippen LogP contribution is -2.32. The van der Waals surface area contributed by atoms with Crippen LogP contribution in [0.3, 0.4) is 0 Å². The van der Waals surface area contributed by atoms with E-state index in [9.17, 15) is 9.59 Å². The Hall–Kier alpha value is -4.19. The molecule has 0 spiro atoms. The van der Waals surface area contributed by atoms with Crippen molar-refractivity contribution in [3.8, 4) is 0 Å². The zero-order valence-corrected chi connectivity index (χ0v) is 15.8. The summed E-state index contributed by atoms with van der Waals surface area (Å²) in [5.41, 5.74) is 3.72. The summed E-state index contributed by atoms with van der Waals surface area (Å²) in [6.07, 6.45) is 0. The summed E-state index contributed by atoms with van der Waals surface area (Å²) in [6, 6.07) is 24.6. The normalized spacial score (nSPS) is 15.3. The van der Waals surface area contributed by atoms with E-state index in [1.807, 2.05) is 78.9 Å². The molecule has 1 aliphatic rings. The molecule has 1 aliphatic heterocycles. The van der Waals surface area contributed by atoms with Gasteiger partial charge in [0, 0.05) is 5.56 Å². The van der Waals surface area contributed by atoms with E-state index in [2.05, 4.69) is 4.98 Å². The second-order valence-corrected chi connectivity index (χ2v) is 7.22. The highest BCUT2D eigenvalue weighted by atomic mass is 16.4. The zero-order chi connectivity index (χ0) is 20.2. The lowest BCUT2D eigenvalue weighted by Gasteiger charge is -2.16. The molecule has 0 unspecified atom stereocenters. The van der Waals surface area contributed by atoms with E-state index in [-0.39, 0.29) is 28.3 Å². The fourth-order valence-corrected chi connectivity index (χ4v) is 4.09. The predicted octanol–water partition coefficient (Wildman–Crippen LogP) is 2.91. The summed E-state index contributed by atoms with van der Waals surface area (Å²) >= 11 is 0. The van der Waals surface area contributed by atoms with Crippen molar-refractivity contribution in [3.05, 3.63) is 106 Å². The second kappa shape index (κ2) is 6.15. The average Bonchev–Trinajstić information content (AvgIpc) is 3.38. The highest BCUT2D eigenvalue weighted by molar-refractivity contribution is 6.31. The molecule has 2 aromatic heterocycles. The number of para-hydroxylation sites is 3. The van der Waals surface area contributed by atoms with Gasteiger partial charge in [-0.1, -0.05) is 60.7 Å². The molecule has 0 N–H and O–H groups in total. The van der Waals surface area contributed by atoms with Crippen LogP contribution in [0.2, 0.25) is 0 Å². The summed E-state index contributed by atoms with van der Waals surface area (Å²) < 4.78 is 7.27. The van der Waals surface area contributed by atoms with E-state index in [0.29, 0.717) is 23.1 Å². The molecule has 5 aromatic rings. The first-order valence-electron chi connectivity index (χ1n) is 9.62. The van der Waals surface area contributed by atoms with Crippen LogP contribution in [-0.4, -0.2) is 15.3 Å². The van der Waals surface area contributed by atoms with Gasteiger partial charge in [-0.3, -0.25) is 9.59 Å². The maximum Gasteiger partial charge on any atom is 0.310 e. The Morgan fingerprint density at radius 2 is 1.57 bits per heavy atom. The van der Waals surface area contributed by atoms with Gasteiger partial charge >= 0.3 is 11.4 Å². The molecule has 6 rings (SSSR count). The molecule has 0 atom stereocenters. The first kappa shape index (κ1) is 16.7. The number of hydrogen-bond donors (Lipinski definition) is 0. The Bertz CT molecular complexity index is 1560. The van der Waals surface area contributed by atoms with E-state index in [4.69, 9.17) is 4.42 Å². The third-order valence-corrected chi connectivity index (χ3v) is 5.45. The number of benzene rings is 3. The van der Waals surface area contributed by atoms with E-state index >= 15 is 0 Å². The minimum Gasteiger partial charge on any atom is -0.418 e. The van der Waals surface area contributed by atoms with Gasteiger partial charge in [0.1, 0.15) is 0 Å². The van der Waals surface area contributed by atoms with Gasteiger partial charge in [-0.05, 0) is 23.8 Å². The van der Waals surface area contributed by atoms with Gasteiger partial charge in [0.15, 0.2) is 0 Å². The number of oxazole rings is 1. The van der Waals surface area contributed by atoms with Crippen LogP contribution in [0.1, 0.15) is 11.1 Å². The third-order valence-electron chi connectivity index (χ3n) is 5.45. The molecule has 0 saturated carbocycles. The van der Waals surface area contributed by atoms with Gasteiger partial charge in [0.2, 0.25) is 5.42 Å². The molecule has 3 aromatic carbocycles. The van der Waals surface area contributed by atoms with E-state index in [0.717, 1.165) is 11.3 Å². The molecule has 0 saturated heterocycles. The van der Waals surface area contributed by atoms with Gasteiger partial charge in [0.25, 0.3) is 5.91 Å². The van der Waals surface area contributed by atoms with E-state index in [1.165, 1.54) is 4.40 Å². The van der Waals surface area contributed by atoms with Gasteiger partial charge in [-0.15, -0.1) is 0 Å². The second-order valence-electron chi connectivity index (χ2n) is 7.22. The Labute approximate surface area is 170 Å². The van der Waals surface area contributed by atoms with Crippen molar-refractivity contribution in [1.82, 2.24) is 9.38 Å². The van der Waals surface area contributed by atoms with Gasteiger partial charge in [0.05, 0.1) is 28.8 Å². The summed E-state index contributed by atoms with van der Waals surface area (Å²) in [5.74, 6) is -0.0612. The summed E-state index contributed by atoms with van der Waals surface area (Å²) in [4.78, 5) is 32.8. The third kappa shape index (κ3) is 2.27. The largest absolute Gasteiger partial charge is 0.418 e. The zero-order valence-electron chi connectivity index (χ0n) is 15.8. The number of rotatable bonds is 2. The minimum atomic E-state index is -0.376. The maximum atomic E-state index is 13.4. The lowest BCUT2D eigenvalue weighted by atomic mass is 10.1. The van der Waals surface area contributed by atoms with Crippen molar-refractivity contribution in [2.45, 2.75) is 6.54 Å². The Kier molecular flexibility index (Phi) is 3.43. The summed E-state index contributed by atoms with van der Waals surface area (Å²) in [6.45, 7) is 0.412. The van der Waals surface area contributed by atoms with Crippen LogP contribution >= 0.6 is 0 Å². The highest BCUT2D eigenvalue weighted by Crippen LogP contribution is 2.36. The standard InChI is InChI=1S/C24H15N3O3/c28-22-20(21-23(29)27-19-13-7-5-11-17(19)25-24(27)30-21)16-10-4-6-12-18(16)26(22)14-15-8-2-1-3-9-15/h1-13H,14H2/b21-20-. The molecule has 3 heterocycles. The van der Waals surface area contributed by atoms with E-state index in [1.54, 1.807) is 4.90 Å². The smallest absolute Gasteiger partial charge is 0.310 e. The molecule has 0 radical (unpaired) electrons. The highest BCUT2D eigenvalue weighted by Gasteiger charge is 2.35. The van der Waals surface area contributed by atoms with Crippen molar-refractivity contribution in [2.75, 3.05) is 4.90 Å². The number of amides is 1. The Morgan fingerprint density at radius 3 is 2.43 bits per heavy atom. The topological polar surface area (TPSA) is 67.8 Å². The number of aromatic nitrogens is 2. The van der Waals surface area contributed by atoms with Crippen LogP contribution in [-0.2, 0) is 11.3 Å². The van der Waals surface area contributed by atoms with Gasteiger partial charge < -0.3 is 9.32 Å². The summed E-state index contributed by atoms with van der Waals surface area (Å²) in [7, 11) is 0. The number of nitrogens with zero attached hydrogens (tertiary/aromatic N) is 3. The van der Waals surface area contributed by atoms with Crippen LogP contribution in [0, 0.1) is 0 Å². The fourth-order valence-electron chi connectivity index (χ4n) is 4.09. The fraction of sp³-hybridized carbons (Fsp3) is 0.0417. The van der Waals surface area contributed by atoms with Crippen LogP contribution in [0.25, 0.3) is 22.5 Å². The molecule has 0 bridgehead atoms. The SMILES string of the molecule is O=C1/C(=c2\oc3nc4ccccc4n3c2=O)c2ccccc2N1Cc1ccccc1. The van der Waals surface area contributed by atoms with Crippen molar-refractivity contribution < 1.29 is 9.21 Å².